The van der Waals surface area contributed by atoms with Crippen molar-refractivity contribution >= 4 is 0 Å². The van der Waals surface area contributed by atoms with Crippen LogP contribution in [0.25, 0.3) is 0 Å². The third-order valence-corrected chi connectivity index (χ3v) is 2.37. The van der Waals surface area contributed by atoms with Crippen LogP contribution >= 0.6 is 0 Å². The van der Waals surface area contributed by atoms with Crippen LogP contribution in [0.2, 0.25) is 0 Å². The van der Waals surface area contributed by atoms with Gasteiger partial charge < -0.3 is 4.74 Å². The lowest BCUT2D eigenvalue weighted by Gasteiger charge is -2.10. The van der Waals surface area contributed by atoms with Gasteiger partial charge >= 0.3 is 0 Å². The molecule has 0 spiro atoms. The van der Waals surface area contributed by atoms with Crippen molar-refractivity contribution < 1.29 is 4.74 Å². The van der Waals surface area contributed by atoms with Gasteiger partial charge in [-0.15, -0.1) is 0 Å². The molecule has 0 aliphatic rings. The summed E-state index contributed by atoms with van der Waals surface area (Å²) in [6.07, 6.45) is 3.94. The Bertz CT molecular complexity index is 230. The summed E-state index contributed by atoms with van der Waals surface area (Å²) in [5.74, 6) is 0. The number of aryl methyl sites for hydroxylation is 1. The predicted molar refractivity (Wildman–Crippen MR) is 60.5 cm³/mol. The average Bonchev–Trinajstić information content (AvgIpc) is 2.20. The Morgan fingerprint density at radius 2 is 1.93 bits per heavy atom. The molecule has 1 heteroatoms. The van der Waals surface area contributed by atoms with Crippen molar-refractivity contribution in [2.45, 2.75) is 39.2 Å². The lowest BCUT2D eigenvalue weighted by atomic mass is 10.1. The van der Waals surface area contributed by atoms with E-state index in [-0.39, 0.29) is 0 Å². The van der Waals surface area contributed by atoms with Crippen LogP contribution < -0.4 is 0 Å². The van der Waals surface area contributed by atoms with E-state index in [9.17, 15) is 0 Å². The van der Waals surface area contributed by atoms with Crippen molar-refractivity contribution in [3.63, 3.8) is 0 Å². The maximum atomic E-state index is 5.48. The Balaban J connectivity index is 2.16. The quantitative estimate of drug-likeness (QED) is 0.671. The molecule has 0 aromatic heterocycles. The van der Waals surface area contributed by atoms with Crippen LogP contribution in [-0.4, -0.2) is 12.7 Å². The van der Waals surface area contributed by atoms with E-state index in [1.165, 1.54) is 12.0 Å². The van der Waals surface area contributed by atoms with Gasteiger partial charge in [0.15, 0.2) is 0 Å². The maximum absolute atomic E-state index is 5.48. The van der Waals surface area contributed by atoms with Crippen molar-refractivity contribution in [1.82, 2.24) is 0 Å². The van der Waals surface area contributed by atoms with Crippen LogP contribution in [0.4, 0.5) is 0 Å². The molecule has 0 heterocycles. The first-order valence-electron chi connectivity index (χ1n) is 5.48. The molecule has 14 heavy (non-hydrogen) atoms. The first-order valence-corrected chi connectivity index (χ1v) is 5.48. The summed E-state index contributed by atoms with van der Waals surface area (Å²) in [4.78, 5) is 0. The lowest BCUT2D eigenvalue weighted by Crippen LogP contribution is -2.07. The Morgan fingerprint density at radius 3 is 2.57 bits per heavy atom. The molecule has 0 fully saturated rings. The Hall–Kier alpha value is -0.820. The van der Waals surface area contributed by atoms with E-state index < -0.39 is 0 Å². The van der Waals surface area contributed by atoms with Crippen LogP contribution in [0.15, 0.2) is 30.3 Å². The first kappa shape index (κ1) is 11.3. The summed E-state index contributed by atoms with van der Waals surface area (Å²) < 4.78 is 5.48. The molecule has 0 bridgehead atoms. The molecule has 1 aromatic rings. The molecule has 0 N–H and O–H groups in total. The second-order valence-corrected chi connectivity index (χ2v) is 3.64. The SMILES string of the molecule is CCOC(C)CCCc1ccccc1. The van der Waals surface area contributed by atoms with E-state index in [2.05, 4.69) is 37.3 Å². The molecule has 1 unspecified atom stereocenters. The zero-order chi connectivity index (χ0) is 10.2. The highest BCUT2D eigenvalue weighted by atomic mass is 16.5. The first-order chi connectivity index (χ1) is 6.83. The minimum Gasteiger partial charge on any atom is -0.379 e. The van der Waals surface area contributed by atoms with Crippen LogP contribution in [0.5, 0.6) is 0 Å². The van der Waals surface area contributed by atoms with Gasteiger partial charge in [0.05, 0.1) is 6.10 Å². The summed E-state index contributed by atoms with van der Waals surface area (Å²) in [5, 5.41) is 0. The van der Waals surface area contributed by atoms with Crippen LogP contribution in [-0.2, 0) is 11.2 Å². The second-order valence-electron chi connectivity index (χ2n) is 3.64. The molecule has 0 aliphatic carbocycles. The molecule has 0 aliphatic heterocycles. The Morgan fingerprint density at radius 1 is 1.21 bits per heavy atom. The maximum Gasteiger partial charge on any atom is 0.0547 e. The van der Waals surface area contributed by atoms with E-state index in [1.54, 1.807) is 0 Å². The van der Waals surface area contributed by atoms with E-state index in [1.807, 2.05) is 6.92 Å². The fraction of sp³-hybridized carbons (Fsp3) is 0.538. The van der Waals surface area contributed by atoms with Crippen LogP contribution in [0.3, 0.4) is 0 Å². The molecule has 78 valence electrons. The second kappa shape index (κ2) is 6.61. The monoisotopic (exact) mass is 192 g/mol. The lowest BCUT2D eigenvalue weighted by molar-refractivity contribution is 0.0690. The van der Waals surface area contributed by atoms with Crippen LogP contribution in [0.1, 0.15) is 32.3 Å². The average molecular weight is 192 g/mol. The molecule has 0 amide bonds. The van der Waals surface area contributed by atoms with Gasteiger partial charge in [0, 0.05) is 6.61 Å². The van der Waals surface area contributed by atoms with E-state index in [0.29, 0.717) is 6.10 Å². The summed E-state index contributed by atoms with van der Waals surface area (Å²) in [6, 6.07) is 10.6. The zero-order valence-corrected chi connectivity index (χ0v) is 9.20. The molecule has 1 atom stereocenters. The molecule has 1 nitrogen and oxygen atoms in total. The number of hydrogen-bond donors (Lipinski definition) is 0. The summed E-state index contributed by atoms with van der Waals surface area (Å²) in [6.45, 7) is 5.02. The standard InChI is InChI=1S/C13H20O/c1-3-14-12(2)8-7-11-13-9-5-4-6-10-13/h4-6,9-10,12H,3,7-8,11H2,1-2H3. The van der Waals surface area contributed by atoms with E-state index in [0.717, 1.165) is 19.4 Å². The molecular weight excluding hydrogens is 172 g/mol. The highest BCUT2D eigenvalue weighted by Gasteiger charge is 2.00. The minimum absolute atomic E-state index is 0.406. The molecule has 1 aromatic carbocycles. The van der Waals surface area contributed by atoms with Gasteiger partial charge in [-0.1, -0.05) is 30.3 Å². The van der Waals surface area contributed by atoms with Gasteiger partial charge in [0.1, 0.15) is 0 Å². The number of rotatable bonds is 6. The van der Waals surface area contributed by atoms with Gasteiger partial charge in [-0.25, -0.2) is 0 Å². The predicted octanol–water partition coefficient (Wildman–Crippen LogP) is 3.43. The summed E-state index contributed by atoms with van der Waals surface area (Å²) in [7, 11) is 0. The largest absolute Gasteiger partial charge is 0.379 e. The van der Waals surface area contributed by atoms with Gasteiger partial charge in [-0.05, 0) is 38.7 Å². The van der Waals surface area contributed by atoms with Crippen molar-refractivity contribution in [1.29, 1.82) is 0 Å². The minimum atomic E-state index is 0.406. The van der Waals surface area contributed by atoms with Gasteiger partial charge in [-0.2, -0.15) is 0 Å². The zero-order valence-electron chi connectivity index (χ0n) is 9.20. The van der Waals surface area contributed by atoms with Crippen molar-refractivity contribution in [3.8, 4) is 0 Å². The fourth-order valence-corrected chi connectivity index (χ4v) is 1.61. The summed E-state index contributed by atoms with van der Waals surface area (Å²) >= 11 is 0. The van der Waals surface area contributed by atoms with E-state index >= 15 is 0 Å². The molecule has 0 saturated carbocycles. The summed E-state index contributed by atoms with van der Waals surface area (Å²) in [5.41, 5.74) is 1.43. The normalized spacial score (nSPS) is 12.7. The Labute approximate surface area is 87.1 Å². The molecule has 0 saturated heterocycles. The number of ether oxygens (including phenoxy) is 1. The van der Waals surface area contributed by atoms with Gasteiger partial charge in [-0.3, -0.25) is 0 Å². The third-order valence-electron chi connectivity index (χ3n) is 2.37. The van der Waals surface area contributed by atoms with Crippen molar-refractivity contribution in [2.24, 2.45) is 0 Å². The Kier molecular flexibility index (Phi) is 5.31. The third kappa shape index (κ3) is 4.43. The van der Waals surface area contributed by atoms with Gasteiger partial charge in [0.25, 0.3) is 0 Å². The fourth-order valence-electron chi connectivity index (χ4n) is 1.61. The molecule has 1 rings (SSSR count). The van der Waals surface area contributed by atoms with Crippen molar-refractivity contribution in [2.75, 3.05) is 6.61 Å². The van der Waals surface area contributed by atoms with Gasteiger partial charge in [0.2, 0.25) is 0 Å². The molecule has 0 radical (unpaired) electrons. The smallest absolute Gasteiger partial charge is 0.0547 e. The van der Waals surface area contributed by atoms with Crippen LogP contribution in [0, 0.1) is 0 Å². The number of hydrogen-bond acceptors (Lipinski definition) is 1. The van der Waals surface area contributed by atoms with Crippen molar-refractivity contribution in [3.05, 3.63) is 35.9 Å². The van der Waals surface area contributed by atoms with E-state index in [4.69, 9.17) is 4.74 Å². The number of benzene rings is 1. The molecular formula is C13H20O. The highest BCUT2D eigenvalue weighted by Crippen LogP contribution is 2.07. The highest BCUT2D eigenvalue weighted by molar-refractivity contribution is 5.14. The topological polar surface area (TPSA) is 9.23 Å².